The van der Waals surface area contributed by atoms with E-state index in [0.29, 0.717) is 11.0 Å². The molecule has 5 heteroatoms. The Kier molecular flexibility index (Phi) is 5.75. The van der Waals surface area contributed by atoms with Crippen LogP contribution in [0.15, 0.2) is 36.7 Å². The van der Waals surface area contributed by atoms with Crippen molar-refractivity contribution >= 4 is 5.91 Å². The van der Waals surface area contributed by atoms with Gasteiger partial charge < -0.3 is 10.2 Å². The quantitative estimate of drug-likeness (QED) is 0.813. The molecule has 1 aromatic heterocycles. The molecule has 5 nitrogen and oxygen atoms in total. The van der Waals surface area contributed by atoms with Crippen LogP contribution in [0.4, 0.5) is 0 Å². The van der Waals surface area contributed by atoms with E-state index in [-0.39, 0.29) is 17.4 Å². The van der Waals surface area contributed by atoms with Gasteiger partial charge in [-0.25, -0.2) is 0 Å². The largest absolute Gasteiger partial charge is 0.345 e. The maximum absolute atomic E-state index is 12.7. The second-order valence-corrected chi connectivity index (χ2v) is 10.5. The number of nitrogens with zero attached hydrogens (tertiary/aromatic N) is 3. The zero-order valence-corrected chi connectivity index (χ0v) is 18.9. The van der Waals surface area contributed by atoms with Crippen molar-refractivity contribution in [3.8, 4) is 0 Å². The zero-order chi connectivity index (χ0) is 21.4. The van der Waals surface area contributed by atoms with Gasteiger partial charge >= 0.3 is 0 Å². The molecule has 1 saturated heterocycles. The molecule has 1 atom stereocenters. The molecule has 4 rings (SSSR count). The Balaban J connectivity index is 1.47. The van der Waals surface area contributed by atoms with E-state index < -0.39 is 0 Å². The minimum Gasteiger partial charge on any atom is -0.345 e. The molecule has 30 heavy (non-hydrogen) atoms. The summed E-state index contributed by atoms with van der Waals surface area (Å²) in [6.07, 6.45) is 9.26. The van der Waals surface area contributed by atoms with Crippen molar-refractivity contribution in [3.63, 3.8) is 0 Å². The van der Waals surface area contributed by atoms with Crippen LogP contribution < -0.4 is 5.32 Å². The molecule has 1 aliphatic heterocycles. The molecular formula is C25H36N4O. The monoisotopic (exact) mass is 408 g/mol. The van der Waals surface area contributed by atoms with Crippen LogP contribution in [0, 0.1) is 5.41 Å². The Bertz CT molecular complexity index is 887. The average molecular weight is 409 g/mol. The number of amides is 1. The first-order valence-corrected chi connectivity index (χ1v) is 11.4. The number of carbonyl (C=O) groups is 1. The van der Waals surface area contributed by atoms with Gasteiger partial charge in [-0.15, -0.1) is 0 Å². The van der Waals surface area contributed by atoms with Crippen molar-refractivity contribution in [1.29, 1.82) is 0 Å². The van der Waals surface area contributed by atoms with Crippen LogP contribution in [0.2, 0.25) is 0 Å². The fraction of sp³-hybridized carbons (Fsp3) is 0.600. The average Bonchev–Trinajstić information content (AvgIpc) is 3.16. The molecule has 1 aromatic carbocycles. The molecule has 1 spiro atoms. The van der Waals surface area contributed by atoms with Gasteiger partial charge in [-0.3, -0.25) is 9.48 Å². The summed E-state index contributed by atoms with van der Waals surface area (Å²) in [5, 5.41) is 7.40. The lowest BCUT2D eigenvalue weighted by Crippen LogP contribution is -2.46. The number of likely N-dealkylation sites (tertiary alicyclic amines) is 1. The summed E-state index contributed by atoms with van der Waals surface area (Å²) in [4.78, 5) is 15.4. The van der Waals surface area contributed by atoms with Gasteiger partial charge in [0.25, 0.3) is 5.91 Å². The standard InChI is InChI=1S/C25H36N4O/c1-24(2,3)11-14-29-15-12-25(13-16-29)10-9-22(20-7-5-6-8-21(20)25)27-23(30)19-17-26-28(4)18-19/h5-8,17-18,22H,9-16H2,1-4H3,(H,27,30)/t22-/m1/s1. The Morgan fingerprint density at radius 2 is 1.93 bits per heavy atom. The highest BCUT2D eigenvalue weighted by molar-refractivity contribution is 5.94. The third kappa shape index (κ3) is 4.46. The number of piperidine rings is 1. The van der Waals surface area contributed by atoms with E-state index in [4.69, 9.17) is 0 Å². The number of fused-ring (bicyclic) bond motifs is 2. The van der Waals surface area contributed by atoms with E-state index in [2.05, 4.69) is 60.4 Å². The highest BCUT2D eigenvalue weighted by Gasteiger charge is 2.42. The van der Waals surface area contributed by atoms with Crippen LogP contribution in [0.5, 0.6) is 0 Å². The molecule has 2 aliphatic rings. The van der Waals surface area contributed by atoms with Crippen LogP contribution in [-0.2, 0) is 12.5 Å². The molecule has 0 bridgehead atoms. The minimum absolute atomic E-state index is 0.0316. The molecule has 1 N–H and O–H groups in total. The number of aryl methyl sites for hydroxylation is 1. The molecule has 162 valence electrons. The number of nitrogens with one attached hydrogen (secondary N) is 1. The number of benzene rings is 1. The number of aromatic nitrogens is 2. The van der Waals surface area contributed by atoms with Crippen LogP contribution in [0.1, 0.15) is 80.4 Å². The normalized spacial score (nSPS) is 21.4. The molecule has 0 radical (unpaired) electrons. The maximum Gasteiger partial charge on any atom is 0.254 e. The van der Waals surface area contributed by atoms with Gasteiger partial charge in [0.15, 0.2) is 0 Å². The van der Waals surface area contributed by atoms with Gasteiger partial charge in [-0.1, -0.05) is 45.0 Å². The fourth-order valence-electron chi connectivity index (χ4n) is 5.14. The second-order valence-electron chi connectivity index (χ2n) is 10.5. The predicted octanol–water partition coefficient (Wildman–Crippen LogP) is 4.45. The maximum atomic E-state index is 12.7. The van der Waals surface area contributed by atoms with Gasteiger partial charge in [0, 0.05) is 13.2 Å². The number of hydrogen-bond acceptors (Lipinski definition) is 3. The molecule has 1 fully saturated rings. The van der Waals surface area contributed by atoms with E-state index in [1.807, 2.05) is 7.05 Å². The van der Waals surface area contributed by atoms with E-state index in [9.17, 15) is 4.79 Å². The molecule has 2 heterocycles. The van der Waals surface area contributed by atoms with Crippen molar-refractivity contribution in [1.82, 2.24) is 20.0 Å². The van der Waals surface area contributed by atoms with Crippen LogP contribution in [0.3, 0.4) is 0 Å². The third-order valence-electron chi connectivity index (χ3n) is 7.08. The first-order valence-electron chi connectivity index (χ1n) is 11.4. The predicted molar refractivity (Wildman–Crippen MR) is 121 cm³/mol. The topological polar surface area (TPSA) is 50.2 Å². The number of hydrogen-bond donors (Lipinski definition) is 1. The summed E-state index contributed by atoms with van der Waals surface area (Å²) >= 11 is 0. The van der Waals surface area contributed by atoms with Gasteiger partial charge in [0.05, 0.1) is 17.8 Å². The number of carbonyl (C=O) groups excluding carboxylic acids is 1. The van der Waals surface area contributed by atoms with Crippen molar-refractivity contribution in [2.24, 2.45) is 12.5 Å². The molecule has 1 amide bonds. The summed E-state index contributed by atoms with van der Waals surface area (Å²) in [6, 6.07) is 8.88. The van der Waals surface area contributed by atoms with Crippen LogP contribution >= 0.6 is 0 Å². The Morgan fingerprint density at radius 3 is 2.60 bits per heavy atom. The van der Waals surface area contributed by atoms with E-state index in [1.165, 1.54) is 50.0 Å². The molecule has 0 saturated carbocycles. The van der Waals surface area contributed by atoms with Crippen molar-refractivity contribution in [3.05, 3.63) is 53.3 Å². The lowest BCUT2D eigenvalue weighted by Gasteiger charge is -2.47. The summed E-state index contributed by atoms with van der Waals surface area (Å²) in [5.74, 6) is -0.0316. The molecule has 0 unspecified atom stereocenters. The van der Waals surface area contributed by atoms with Gasteiger partial charge in [0.2, 0.25) is 0 Å². The van der Waals surface area contributed by atoms with Gasteiger partial charge in [0.1, 0.15) is 0 Å². The van der Waals surface area contributed by atoms with E-state index in [1.54, 1.807) is 17.1 Å². The molecule has 1 aliphatic carbocycles. The second kappa shape index (κ2) is 8.18. The highest BCUT2D eigenvalue weighted by Crippen LogP contribution is 2.48. The molecule has 2 aromatic rings. The van der Waals surface area contributed by atoms with Gasteiger partial charge in [-0.2, -0.15) is 5.10 Å². The minimum atomic E-state index is -0.0316. The number of rotatable bonds is 4. The molecular weight excluding hydrogens is 372 g/mol. The lowest BCUT2D eigenvalue weighted by molar-refractivity contribution is 0.0914. The van der Waals surface area contributed by atoms with Crippen molar-refractivity contribution in [2.75, 3.05) is 19.6 Å². The third-order valence-corrected chi connectivity index (χ3v) is 7.08. The van der Waals surface area contributed by atoms with Gasteiger partial charge in [-0.05, 0) is 73.7 Å². The summed E-state index contributed by atoms with van der Waals surface area (Å²) < 4.78 is 1.67. The van der Waals surface area contributed by atoms with E-state index >= 15 is 0 Å². The summed E-state index contributed by atoms with van der Waals surface area (Å²) in [7, 11) is 1.84. The summed E-state index contributed by atoms with van der Waals surface area (Å²) in [6.45, 7) is 10.5. The fourth-order valence-corrected chi connectivity index (χ4v) is 5.14. The zero-order valence-electron chi connectivity index (χ0n) is 18.9. The Morgan fingerprint density at radius 1 is 1.20 bits per heavy atom. The highest BCUT2D eigenvalue weighted by atomic mass is 16.1. The van der Waals surface area contributed by atoms with E-state index in [0.717, 1.165) is 12.8 Å². The summed E-state index contributed by atoms with van der Waals surface area (Å²) in [5.41, 5.74) is 4.06. The SMILES string of the molecule is Cn1cc(C(=O)N[C@@H]2CCC3(CCN(CCC(C)(C)C)CC3)c3ccccc32)cn1. The lowest BCUT2D eigenvalue weighted by atomic mass is 9.63. The van der Waals surface area contributed by atoms with Crippen LogP contribution in [-0.4, -0.2) is 40.2 Å². The Labute approximate surface area is 180 Å². The van der Waals surface area contributed by atoms with Crippen molar-refractivity contribution in [2.45, 2.75) is 64.3 Å². The first kappa shape index (κ1) is 21.1. The van der Waals surface area contributed by atoms with Crippen molar-refractivity contribution < 1.29 is 4.79 Å². The van der Waals surface area contributed by atoms with Crippen LogP contribution in [0.25, 0.3) is 0 Å². The first-order chi connectivity index (χ1) is 14.3. The smallest absolute Gasteiger partial charge is 0.254 e. The Hall–Kier alpha value is -2.14.